The molecule has 0 aliphatic heterocycles. The highest BCUT2D eigenvalue weighted by molar-refractivity contribution is 5.27. The average molecular weight is 318 g/mol. The third-order valence-electron chi connectivity index (χ3n) is 3.98. The van der Waals surface area contributed by atoms with Gasteiger partial charge < -0.3 is 14.3 Å². The molecule has 0 spiro atoms. The molecule has 23 heavy (non-hydrogen) atoms. The molecule has 0 amide bonds. The number of hydrogen-bond donors (Lipinski definition) is 1. The maximum absolute atomic E-state index is 9.80. The first-order valence-corrected chi connectivity index (χ1v) is 7.92. The predicted molar refractivity (Wildman–Crippen MR) is 89.2 cm³/mol. The summed E-state index contributed by atoms with van der Waals surface area (Å²) in [6, 6.07) is 8.03. The number of oxazole rings is 1. The summed E-state index contributed by atoms with van der Waals surface area (Å²) in [5.41, 5.74) is 1.16. The van der Waals surface area contributed by atoms with Crippen LogP contribution in [-0.2, 0) is 13.1 Å². The first-order chi connectivity index (χ1) is 11.0. The first-order valence-electron chi connectivity index (χ1n) is 7.92. The number of aryl methyl sites for hydroxylation is 1. The molecule has 2 rings (SSSR count). The lowest BCUT2D eigenvalue weighted by molar-refractivity contribution is 0.0711. The highest BCUT2D eigenvalue weighted by Gasteiger charge is 2.23. The van der Waals surface area contributed by atoms with Crippen LogP contribution in [0, 0.1) is 12.8 Å². The van der Waals surface area contributed by atoms with Gasteiger partial charge in [-0.3, -0.25) is 4.90 Å². The van der Waals surface area contributed by atoms with Crippen molar-refractivity contribution in [3.63, 3.8) is 0 Å². The molecule has 2 aromatic rings. The fourth-order valence-electron chi connectivity index (χ4n) is 2.65. The molecule has 126 valence electrons. The lowest BCUT2D eigenvalue weighted by Crippen LogP contribution is -2.40. The summed E-state index contributed by atoms with van der Waals surface area (Å²) in [5, 5.41) is 9.80. The Bertz CT molecular complexity index is 593. The van der Waals surface area contributed by atoms with Crippen LogP contribution in [0.5, 0.6) is 5.75 Å². The number of benzene rings is 1. The Morgan fingerprint density at radius 1 is 1.22 bits per heavy atom. The summed E-state index contributed by atoms with van der Waals surface area (Å²) in [7, 11) is 1.66. The Morgan fingerprint density at radius 2 is 1.91 bits per heavy atom. The minimum atomic E-state index is 0.0457. The fourth-order valence-corrected chi connectivity index (χ4v) is 2.65. The molecule has 1 aromatic heterocycles. The van der Waals surface area contributed by atoms with Gasteiger partial charge >= 0.3 is 0 Å². The van der Waals surface area contributed by atoms with Gasteiger partial charge in [-0.05, 0) is 30.5 Å². The molecule has 0 saturated heterocycles. The maximum atomic E-state index is 9.80. The number of rotatable bonds is 8. The van der Waals surface area contributed by atoms with Gasteiger partial charge in [0.25, 0.3) is 0 Å². The number of aliphatic hydroxyl groups is 1. The van der Waals surface area contributed by atoms with Crippen LogP contribution in [0.2, 0.25) is 0 Å². The van der Waals surface area contributed by atoms with E-state index < -0.39 is 0 Å². The van der Waals surface area contributed by atoms with E-state index in [-0.39, 0.29) is 12.6 Å². The van der Waals surface area contributed by atoms with Crippen LogP contribution < -0.4 is 4.74 Å². The molecule has 1 heterocycles. The topological polar surface area (TPSA) is 58.7 Å². The van der Waals surface area contributed by atoms with E-state index in [0.717, 1.165) is 23.6 Å². The Morgan fingerprint density at radius 3 is 2.39 bits per heavy atom. The fraction of sp³-hybridized carbons (Fsp3) is 0.500. The zero-order chi connectivity index (χ0) is 16.8. The van der Waals surface area contributed by atoms with E-state index in [0.29, 0.717) is 18.4 Å². The summed E-state index contributed by atoms with van der Waals surface area (Å²) in [6.07, 6.45) is 1.73. The molecule has 1 aromatic carbocycles. The summed E-state index contributed by atoms with van der Waals surface area (Å²) in [5.74, 6) is 2.64. The normalized spacial score (nSPS) is 12.8. The minimum absolute atomic E-state index is 0.0457. The van der Waals surface area contributed by atoms with E-state index in [1.165, 1.54) is 0 Å². The lowest BCUT2D eigenvalue weighted by atomic mass is 10.0. The van der Waals surface area contributed by atoms with E-state index in [4.69, 9.17) is 9.15 Å². The van der Waals surface area contributed by atoms with E-state index in [2.05, 4.69) is 23.7 Å². The van der Waals surface area contributed by atoms with Crippen LogP contribution in [0.3, 0.4) is 0 Å². The van der Waals surface area contributed by atoms with E-state index in [9.17, 15) is 5.11 Å². The molecule has 0 aliphatic rings. The monoisotopic (exact) mass is 318 g/mol. The molecule has 0 fully saturated rings. The molecule has 0 bridgehead atoms. The molecule has 0 unspecified atom stereocenters. The van der Waals surface area contributed by atoms with Crippen LogP contribution in [0.25, 0.3) is 0 Å². The molecule has 5 nitrogen and oxygen atoms in total. The first kappa shape index (κ1) is 17.5. The van der Waals surface area contributed by atoms with Crippen molar-refractivity contribution in [3.8, 4) is 5.75 Å². The van der Waals surface area contributed by atoms with Gasteiger partial charge in [0.05, 0.1) is 26.5 Å². The zero-order valence-electron chi connectivity index (χ0n) is 14.3. The highest BCUT2D eigenvalue weighted by Crippen LogP contribution is 2.20. The smallest absolute Gasteiger partial charge is 0.208 e. The standard InChI is InChI=1S/C18H26N2O3/c1-13(2)17(12-21)20(11-18-19-9-14(3)23-18)10-15-5-7-16(22-4)8-6-15/h5-9,13,17,21H,10-12H2,1-4H3/t17-/m1/s1. The number of hydrogen-bond acceptors (Lipinski definition) is 5. The molecular formula is C18H26N2O3. The van der Waals surface area contributed by atoms with Crippen LogP contribution in [0.15, 0.2) is 34.9 Å². The van der Waals surface area contributed by atoms with Crippen molar-refractivity contribution in [2.45, 2.75) is 39.9 Å². The summed E-state index contributed by atoms with van der Waals surface area (Å²) in [4.78, 5) is 6.50. The Balaban J connectivity index is 2.17. The Kier molecular flexibility index (Phi) is 6.19. The van der Waals surface area contributed by atoms with Gasteiger partial charge in [0, 0.05) is 12.6 Å². The molecule has 1 N–H and O–H groups in total. The lowest BCUT2D eigenvalue weighted by Gasteiger charge is -2.32. The van der Waals surface area contributed by atoms with Gasteiger partial charge in [0.2, 0.25) is 5.89 Å². The van der Waals surface area contributed by atoms with Crippen LogP contribution >= 0.6 is 0 Å². The van der Waals surface area contributed by atoms with E-state index in [1.807, 2.05) is 31.2 Å². The maximum Gasteiger partial charge on any atom is 0.208 e. The highest BCUT2D eigenvalue weighted by atomic mass is 16.5. The van der Waals surface area contributed by atoms with Gasteiger partial charge in [-0.2, -0.15) is 0 Å². The van der Waals surface area contributed by atoms with Gasteiger partial charge in [0.1, 0.15) is 11.5 Å². The van der Waals surface area contributed by atoms with Crippen molar-refractivity contribution in [1.29, 1.82) is 0 Å². The Hall–Kier alpha value is -1.85. The molecule has 1 atom stereocenters. The SMILES string of the molecule is COc1ccc(CN(Cc2ncc(C)o2)[C@H](CO)C(C)C)cc1. The molecule has 5 heteroatoms. The van der Waals surface area contributed by atoms with Crippen molar-refractivity contribution < 1.29 is 14.3 Å². The quantitative estimate of drug-likeness (QED) is 0.811. The summed E-state index contributed by atoms with van der Waals surface area (Å²) >= 11 is 0. The van der Waals surface area contributed by atoms with Crippen molar-refractivity contribution in [3.05, 3.63) is 47.7 Å². The average Bonchev–Trinajstić information content (AvgIpc) is 2.93. The van der Waals surface area contributed by atoms with Crippen LogP contribution in [0.4, 0.5) is 0 Å². The second kappa shape index (κ2) is 8.13. The van der Waals surface area contributed by atoms with Gasteiger partial charge in [0.15, 0.2) is 0 Å². The zero-order valence-corrected chi connectivity index (χ0v) is 14.3. The predicted octanol–water partition coefficient (Wildman–Crippen LogP) is 3.01. The van der Waals surface area contributed by atoms with Crippen molar-refractivity contribution in [2.75, 3.05) is 13.7 Å². The minimum Gasteiger partial charge on any atom is -0.497 e. The number of aromatic nitrogens is 1. The van der Waals surface area contributed by atoms with Crippen molar-refractivity contribution >= 4 is 0 Å². The number of nitrogens with zero attached hydrogens (tertiary/aromatic N) is 2. The summed E-state index contributed by atoms with van der Waals surface area (Å²) < 4.78 is 10.8. The second-order valence-corrected chi connectivity index (χ2v) is 6.11. The molecule has 0 radical (unpaired) electrons. The largest absolute Gasteiger partial charge is 0.497 e. The van der Waals surface area contributed by atoms with Gasteiger partial charge in [-0.15, -0.1) is 0 Å². The van der Waals surface area contributed by atoms with Crippen LogP contribution in [-0.4, -0.2) is 34.7 Å². The number of methoxy groups -OCH3 is 1. The molecular weight excluding hydrogens is 292 g/mol. The van der Waals surface area contributed by atoms with Crippen molar-refractivity contribution in [2.24, 2.45) is 5.92 Å². The van der Waals surface area contributed by atoms with Crippen molar-refractivity contribution in [1.82, 2.24) is 9.88 Å². The third-order valence-corrected chi connectivity index (χ3v) is 3.98. The van der Waals surface area contributed by atoms with Crippen LogP contribution in [0.1, 0.15) is 31.1 Å². The van der Waals surface area contributed by atoms with Gasteiger partial charge in [-0.1, -0.05) is 26.0 Å². The molecule has 0 saturated carbocycles. The molecule has 0 aliphatic carbocycles. The van der Waals surface area contributed by atoms with E-state index in [1.54, 1.807) is 13.3 Å². The summed E-state index contributed by atoms with van der Waals surface area (Å²) in [6.45, 7) is 7.51. The second-order valence-electron chi connectivity index (χ2n) is 6.11. The van der Waals surface area contributed by atoms with Gasteiger partial charge in [-0.25, -0.2) is 4.98 Å². The third kappa shape index (κ3) is 4.81. The van der Waals surface area contributed by atoms with E-state index >= 15 is 0 Å². The Labute approximate surface area is 137 Å². The number of ether oxygens (including phenoxy) is 1. The number of aliphatic hydroxyl groups excluding tert-OH is 1.